The van der Waals surface area contributed by atoms with E-state index in [4.69, 9.17) is 21.8 Å². The molecular weight excluding hydrogens is 221 g/mol. The quantitative estimate of drug-likeness (QED) is 0.668. The third kappa shape index (κ3) is 1.72. The van der Waals surface area contributed by atoms with Gasteiger partial charge in [0.15, 0.2) is 11.5 Å². The molecular formula is C8H6ClF3O2. The van der Waals surface area contributed by atoms with Gasteiger partial charge in [-0.05, 0) is 18.6 Å². The van der Waals surface area contributed by atoms with E-state index in [2.05, 4.69) is 0 Å². The first-order valence-electron chi connectivity index (χ1n) is 3.53. The molecule has 0 saturated heterocycles. The van der Waals surface area contributed by atoms with E-state index in [1.54, 1.807) is 0 Å². The monoisotopic (exact) mass is 226 g/mol. The average Bonchev–Trinajstić information content (AvgIpc) is 1.98. The van der Waals surface area contributed by atoms with Crippen LogP contribution in [0.15, 0.2) is 6.07 Å². The van der Waals surface area contributed by atoms with Crippen LogP contribution in [0.3, 0.4) is 0 Å². The first kappa shape index (κ1) is 11.0. The predicted octanol–water partition coefficient (Wildman–Crippen LogP) is 3.08. The number of rotatable bonds is 0. The summed E-state index contributed by atoms with van der Waals surface area (Å²) in [4.78, 5) is 0. The molecule has 0 heterocycles. The molecule has 2 N–H and O–H groups in total. The number of hydrogen-bond donors (Lipinski definition) is 2. The summed E-state index contributed by atoms with van der Waals surface area (Å²) in [7, 11) is 0. The molecule has 0 radical (unpaired) electrons. The highest BCUT2D eigenvalue weighted by Crippen LogP contribution is 2.45. The zero-order valence-electron chi connectivity index (χ0n) is 6.98. The van der Waals surface area contributed by atoms with Crippen molar-refractivity contribution in [2.75, 3.05) is 0 Å². The smallest absolute Gasteiger partial charge is 0.421 e. The van der Waals surface area contributed by atoms with Crippen LogP contribution in [0.25, 0.3) is 0 Å². The minimum atomic E-state index is -4.79. The Bertz CT molecular complexity index is 348. The number of aromatic hydroxyl groups is 2. The van der Waals surface area contributed by atoms with Crippen molar-refractivity contribution >= 4 is 11.6 Å². The first-order valence-corrected chi connectivity index (χ1v) is 3.91. The third-order valence-electron chi connectivity index (χ3n) is 1.68. The van der Waals surface area contributed by atoms with Gasteiger partial charge in [0.1, 0.15) is 5.56 Å². The Balaban J connectivity index is 3.56. The fourth-order valence-electron chi connectivity index (χ4n) is 1.02. The molecule has 0 amide bonds. The second kappa shape index (κ2) is 3.24. The number of benzene rings is 1. The summed E-state index contributed by atoms with van der Waals surface area (Å²) in [6, 6.07) is 0.965. The van der Waals surface area contributed by atoms with Gasteiger partial charge in [0, 0.05) is 0 Å². The molecule has 14 heavy (non-hydrogen) atoms. The van der Waals surface area contributed by atoms with Gasteiger partial charge in [0.25, 0.3) is 0 Å². The topological polar surface area (TPSA) is 40.5 Å². The number of phenolic OH excluding ortho intramolecular Hbond substituents is 2. The zero-order chi connectivity index (χ0) is 11.1. The van der Waals surface area contributed by atoms with E-state index in [0.29, 0.717) is 0 Å². The van der Waals surface area contributed by atoms with E-state index >= 15 is 0 Å². The van der Waals surface area contributed by atoms with Gasteiger partial charge in [-0.1, -0.05) is 11.6 Å². The minimum absolute atomic E-state index is 0.0503. The molecule has 0 bridgehead atoms. The molecule has 0 unspecified atom stereocenters. The van der Waals surface area contributed by atoms with E-state index < -0.39 is 28.3 Å². The lowest BCUT2D eigenvalue weighted by atomic mass is 10.1. The maximum absolute atomic E-state index is 12.3. The van der Waals surface area contributed by atoms with Crippen LogP contribution in [-0.2, 0) is 6.18 Å². The number of halogens is 4. The van der Waals surface area contributed by atoms with Gasteiger partial charge in [-0.15, -0.1) is 0 Å². The second-order valence-electron chi connectivity index (χ2n) is 2.75. The largest absolute Gasteiger partial charge is 0.504 e. The SMILES string of the molecule is Cc1cc(O)c(O)c(C(F)(F)F)c1Cl. The summed E-state index contributed by atoms with van der Waals surface area (Å²) in [5.74, 6) is -2.08. The van der Waals surface area contributed by atoms with Crippen molar-refractivity contribution in [3.8, 4) is 11.5 Å². The Morgan fingerprint density at radius 3 is 2.21 bits per heavy atom. The molecule has 0 aromatic heterocycles. The van der Waals surface area contributed by atoms with Crippen molar-refractivity contribution in [2.24, 2.45) is 0 Å². The summed E-state index contributed by atoms with van der Waals surface area (Å²) in [5, 5.41) is 17.3. The van der Waals surface area contributed by atoms with Crippen LogP contribution < -0.4 is 0 Å². The Labute approximate surface area is 82.5 Å². The summed E-state index contributed by atoms with van der Waals surface area (Å²) in [6.07, 6.45) is -4.79. The van der Waals surface area contributed by atoms with Crippen LogP contribution in [-0.4, -0.2) is 10.2 Å². The molecule has 0 fully saturated rings. The number of aryl methyl sites for hydroxylation is 1. The lowest BCUT2D eigenvalue weighted by molar-refractivity contribution is -0.138. The van der Waals surface area contributed by atoms with Gasteiger partial charge in [0.2, 0.25) is 0 Å². The number of hydrogen-bond acceptors (Lipinski definition) is 2. The van der Waals surface area contributed by atoms with E-state index in [0.717, 1.165) is 6.07 Å². The summed E-state index contributed by atoms with van der Waals surface area (Å²) >= 11 is 5.36. The van der Waals surface area contributed by atoms with Gasteiger partial charge in [-0.3, -0.25) is 0 Å². The molecule has 0 aliphatic rings. The van der Waals surface area contributed by atoms with E-state index in [9.17, 15) is 13.2 Å². The van der Waals surface area contributed by atoms with Crippen molar-refractivity contribution in [2.45, 2.75) is 13.1 Å². The lowest BCUT2D eigenvalue weighted by Gasteiger charge is -2.13. The van der Waals surface area contributed by atoms with Crippen LogP contribution >= 0.6 is 11.6 Å². The molecule has 0 aliphatic carbocycles. The van der Waals surface area contributed by atoms with Gasteiger partial charge in [-0.2, -0.15) is 13.2 Å². The highest BCUT2D eigenvalue weighted by Gasteiger charge is 2.38. The molecule has 1 aromatic carbocycles. The maximum atomic E-state index is 12.3. The maximum Gasteiger partial charge on any atom is 0.421 e. The Morgan fingerprint density at radius 2 is 1.79 bits per heavy atom. The standard InChI is InChI=1S/C8H6ClF3O2/c1-3-2-4(13)7(14)5(6(3)9)8(10,11)12/h2,13-14H,1H3. The second-order valence-corrected chi connectivity index (χ2v) is 3.13. The Morgan fingerprint density at radius 1 is 1.29 bits per heavy atom. The van der Waals surface area contributed by atoms with Crippen LogP contribution in [0.1, 0.15) is 11.1 Å². The molecule has 0 aliphatic heterocycles. The molecule has 0 atom stereocenters. The normalized spacial score (nSPS) is 11.8. The molecule has 0 saturated carbocycles. The van der Waals surface area contributed by atoms with Crippen LogP contribution in [0, 0.1) is 6.92 Å². The highest BCUT2D eigenvalue weighted by atomic mass is 35.5. The van der Waals surface area contributed by atoms with Crippen molar-refractivity contribution in [3.63, 3.8) is 0 Å². The van der Waals surface area contributed by atoms with Crippen LogP contribution in [0.4, 0.5) is 13.2 Å². The van der Waals surface area contributed by atoms with Crippen molar-refractivity contribution < 1.29 is 23.4 Å². The minimum Gasteiger partial charge on any atom is -0.504 e. The Kier molecular flexibility index (Phi) is 2.54. The highest BCUT2D eigenvalue weighted by molar-refractivity contribution is 6.32. The fraction of sp³-hybridized carbons (Fsp3) is 0.250. The predicted molar refractivity (Wildman–Crippen MR) is 44.5 cm³/mol. The van der Waals surface area contributed by atoms with E-state index in [1.165, 1.54) is 6.92 Å². The molecule has 2 nitrogen and oxygen atoms in total. The first-order chi connectivity index (χ1) is 6.25. The fourth-order valence-corrected chi connectivity index (χ4v) is 1.28. The lowest BCUT2D eigenvalue weighted by Crippen LogP contribution is -2.07. The van der Waals surface area contributed by atoms with Gasteiger partial charge in [-0.25, -0.2) is 0 Å². The van der Waals surface area contributed by atoms with Crippen molar-refractivity contribution in [3.05, 3.63) is 22.2 Å². The van der Waals surface area contributed by atoms with Crippen LogP contribution in [0.5, 0.6) is 11.5 Å². The van der Waals surface area contributed by atoms with Gasteiger partial charge in [0.05, 0.1) is 5.02 Å². The summed E-state index contributed by atoms with van der Waals surface area (Å²) in [5.41, 5.74) is -1.36. The van der Waals surface area contributed by atoms with E-state index in [1.807, 2.05) is 0 Å². The molecule has 1 rings (SSSR count). The molecule has 78 valence electrons. The summed E-state index contributed by atoms with van der Waals surface area (Å²) in [6.45, 7) is 1.30. The number of phenols is 2. The summed E-state index contributed by atoms with van der Waals surface area (Å²) < 4.78 is 36.9. The zero-order valence-corrected chi connectivity index (χ0v) is 7.74. The third-order valence-corrected chi connectivity index (χ3v) is 2.17. The van der Waals surface area contributed by atoms with Crippen molar-refractivity contribution in [1.82, 2.24) is 0 Å². The number of alkyl halides is 3. The van der Waals surface area contributed by atoms with Gasteiger partial charge < -0.3 is 10.2 Å². The van der Waals surface area contributed by atoms with Gasteiger partial charge >= 0.3 is 6.18 Å². The average molecular weight is 227 g/mol. The molecule has 0 spiro atoms. The van der Waals surface area contributed by atoms with Crippen LogP contribution in [0.2, 0.25) is 5.02 Å². The molecule has 6 heteroatoms. The Hall–Kier alpha value is -1.10. The van der Waals surface area contributed by atoms with E-state index in [-0.39, 0.29) is 5.56 Å². The van der Waals surface area contributed by atoms with Crippen molar-refractivity contribution in [1.29, 1.82) is 0 Å². The molecule has 1 aromatic rings.